The van der Waals surface area contributed by atoms with E-state index < -0.39 is 23.8 Å². The lowest BCUT2D eigenvalue weighted by Gasteiger charge is -2.31. The molecule has 8 nitrogen and oxygen atoms in total. The van der Waals surface area contributed by atoms with Crippen LogP contribution in [0.4, 0.5) is 5.69 Å². The number of likely N-dealkylation sites (tertiary alicyclic amines) is 1. The molecule has 0 saturated carbocycles. The number of hydrogen-bond acceptors (Lipinski definition) is 5. The zero-order valence-electron chi connectivity index (χ0n) is 17.9. The van der Waals surface area contributed by atoms with Crippen LogP contribution in [0, 0.1) is 5.92 Å². The second-order valence-corrected chi connectivity index (χ2v) is 8.36. The third kappa shape index (κ3) is 4.27. The van der Waals surface area contributed by atoms with Crippen LogP contribution in [-0.4, -0.2) is 52.6 Å². The first kappa shape index (κ1) is 21.7. The zero-order valence-corrected chi connectivity index (χ0v) is 17.9. The molecule has 4 amide bonds. The topological polar surface area (TPSA) is 113 Å². The van der Waals surface area contributed by atoms with Gasteiger partial charge >= 0.3 is 0 Å². The molecule has 3 N–H and O–H groups in total. The molecule has 0 spiro atoms. The molecule has 1 saturated heterocycles. The average Bonchev–Trinajstić information content (AvgIpc) is 3.05. The number of imide groups is 1. The van der Waals surface area contributed by atoms with Crippen molar-refractivity contribution in [3.63, 3.8) is 0 Å². The number of nitrogens with zero attached hydrogens (tertiary/aromatic N) is 2. The van der Waals surface area contributed by atoms with Crippen molar-refractivity contribution in [1.82, 2.24) is 9.80 Å². The van der Waals surface area contributed by atoms with Crippen molar-refractivity contribution in [2.75, 3.05) is 18.4 Å². The highest BCUT2D eigenvalue weighted by Crippen LogP contribution is 2.25. The monoisotopic (exact) mass is 434 g/mol. The van der Waals surface area contributed by atoms with E-state index in [1.807, 2.05) is 12.1 Å². The highest BCUT2D eigenvalue weighted by Gasteiger charge is 2.40. The third-order valence-corrected chi connectivity index (χ3v) is 6.13. The molecule has 2 atom stereocenters. The van der Waals surface area contributed by atoms with Gasteiger partial charge in [-0.25, -0.2) is 0 Å². The normalized spacial score (nSPS) is 19.5. The molecule has 2 heterocycles. The Morgan fingerprint density at radius 1 is 1.06 bits per heavy atom. The Balaban J connectivity index is 1.36. The number of rotatable bonds is 6. The molecule has 2 aliphatic rings. The van der Waals surface area contributed by atoms with E-state index in [1.54, 1.807) is 36.4 Å². The average molecular weight is 434 g/mol. The predicted octanol–water partition coefficient (Wildman–Crippen LogP) is 2.01. The molecule has 0 radical (unpaired) electrons. The fourth-order valence-electron chi connectivity index (χ4n) is 4.31. The van der Waals surface area contributed by atoms with E-state index in [1.165, 1.54) is 6.92 Å². The van der Waals surface area contributed by atoms with E-state index in [-0.39, 0.29) is 11.8 Å². The summed E-state index contributed by atoms with van der Waals surface area (Å²) in [5.74, 6) is -1.71. The van der Waals surface area contributed by atoms with Gasteiger partial charge in [0.05, 0.1) is 17.0 Å². The van der Waals surface area contributed by atoms with Crippen molar-refractivity contribution >= 4 is 29.3 Å². The summed E-state index contributed by atoms with van der Waals surface area (Å²) in [6, 6.07) is 13.0. The second-order valence-electron chi connectivity index (χ2n) is 8.36. The van der Waals surface area contributed by atoms with Gasteiger partial charge in [-0.1, -0.05) is 24.3 Å². The first-order chi connectivity index (χ1) is 15.3. The number of primary amides is 1. The van der Waals surface area contributed by atoms with Gasteiger partial charge in [0.15, 0.2) is 0 Å². The maximum Gasteiger partial charge on any atom is 0.262 e. The van der Waals surface area contributed by atoms with Gasteiger partial charge in [-0.3, -0.25) is 29.0 Å². The number of nitrogens with two attached hydrogens (primary N) is 1. The van der Waals surface area contributed by atoms with E-state index in [4.69, 9.17) is 5.73 Å². The van der Waals surface area contributed by atoms with Gasteiger partial charge in [-0.05, 0) is 56.1 Å². The fourth-order valence-corrected chi connectivity index (χ4v) is 4.31. The Labute approximate surface area is 186 Å². The Kier molecular flexibility index (Phi) is 6.05. The van der Waals surface area contributed by atoms with Gasteiger partial charge in [0.2, 0.25) is 11.8 Å². The van der Waals surface area contributed by atoms with Crippen molar-refractivity contribution in [3.05, 3.63) is 65.2 Å². The van der Waals surface area contributed by atoms with Crippen molar-refractivity contribution in [2.45, 2.75) is 32.4 Å². The second kappa shape index (κ2) is 8.92. The van der Waals surface area contributed by atoms with Crippen molar-refractivity contribution in [3.8, 4) is 0 Å². The zero-order chi connectivity index (χ0) is 22.8. The Bertz CT molecular complexity index is 1030. The minimum atomic E-state index is -0.943. The predicted molar refractivity (Wildman–Crippen MR) is 119 cm³/mol. The first-order valence-electron chi connectivity index (χ1n) is 10.7. The van der Waals surface area contributed by atoms with Crippen LogP contribution in [0.15, 0.2) is 48.5 Å². The summed E-state index contributed by atoms with van der Waals surface area (Å²) in [6.07, 6.45) is 1.78. The van der Waals surface area contributed by atoms with Crippen molar-refractivity contribution in [2.24, 2.45) is 11.7 Å². The molecule has 0 aliphatic carbocycles. The van der Waals surface area contributed by atoms with Gasteiger partial charge in [-0.2, -0.15) is 0 Å². The molecule has 32 heavy (non-hydrogen) atoms. The molecule has 2 aromatic rings. The van der Waals surface area contributed by atoms with Crippen LogP contribution in [0.1, 0.15) is 46.0 Å². The van der Waals surface area contributed by atoms with Crippen LogP contribution in [0.2, 0.25) is 0 Å². The highest BCUT2D eigenvalue weighted by molar-refractivity contribution is 6.23. The molecule has 4 rings (SSSR count). The number of carbonyl (C=O) groups is 4. The van der Waals surface area contributed by atoms with Crippen LogP contribution in [0.3, 0.4) is 0 Å². The fraction of sp³-hybridized carbons (Fsp3) is 0.333. The number of anilines is 1. The summed E-state index contributed by atoms with van der Waals surface area (Å²) >= 11 is 0. The van der Waals surface area contributed by atoms with Crippen LogP contribution in [0.5, 0.6) is 0 Å². The van der Waals surface area contributed by atoms with E-state index >= 15 is 0 Å². The maximum atomic E-state index is 12.7. The lowest BCUT2D eigenvalue weighted by atomic mass is 9.97. The summed E-state index contributed by atoms with van der Waals surface area (Å²) in [4.78, 5) is 52.6. The van der Waals surface area contributed by atoms with Gasteiger partial charge in [0.1, 0.15) is 6.04 Å². The molecule has 1 fully saturated rings. The highest BCUT2D eigenvalue weighted by atomic mass is 16.2. The van der Waals surface area contributed by atoms with Crippen molar-refractivity contribution in [1.29, 1.82) is 0 Å². The summed E-state index contributed by atoms with van der Waals surface area (Å²) in [5, 5.41) is 2.78. The molecule has 2 aromatic carbocycles. The van der Waals surface area contributed by atoms with Crippen LogP contribution >= 0.6 is 0 Å². The minimum absolute atomic E-state index is 0.106. The lowest BCUT2D eigenvalue weighted by molar-refractivity contribution is -0.123. The van der Waals surface area contributed by atoms with E-state index in [0.29, 0.717) is 29.9 Å². The third-order valence-electron chi connectivity index (χ3n) is 6.13. The molecule has 166 valence electrons. The number of benzene rings is 2. The number of piperidine rings is 1. The Morgan fingerprint density at radius 3 is 2.28 bits per heavy atom. The van der Waals surface area contributed by atoms with Gasteiger partial charge in [-0.15, -0.1) is 0 Å². The molecule has 8 heteroatoms. The van der Waals surface area contributed by atoms with Crippen molar-refractivity contribution < 1.29 is 19.2 Å². The number of carbonyl (C=O) groups excluding carboxylic acids is 4. The largest absolute Gasteiger partial charge is 0.369 e. The Morgan fingerprint density at radius 2 is 1.69 bits per heavy atom. The number of nitrogens with one attached hydrogen (secondary N) is 1. The summed E-state index contributed by atoms with van der Waals surface area (Å²) < 4.78 is 0. The molecular formula is C24H26N4O4. The maximum absolute atomic E-state index is 12.7. The van der Waals surface area contributed by atoms with Gasteiger partial charge in [0, 0.05) is 18.8 Å². The van der Waals surface area contributed by atoms with Gasteiger partial charge < -0.3 is 11.1 Å². The standard InChI is InChI=1S/C24H26N4O4/c1-15(28-23(31)19-6-2-3-7-20(19)24(28)32)22(30)26-18-10-8-16(9-11-18)13-27-12-4-5-17(14-27)21(25)29/h2-3,6-11,15,17H,4-5,12-14H2,1H3,(H2,25,29)(H,26,30). The quantitative estimate of drug-likeness (QED) is 0.676. The number of fused-ring (bicyclic) bond motifs is 1. The van der Waals surface area contributed by atoms with Crippen LogP contribution in [-0.2, 0) is 16.1 Å². The smallest absolute Gasteiger partial charge is 0.262 e. The van der Waals surface area contributed by atoms with E-state index in [9.17, 15) is 19.2 Å². The molecular weight excluding hydrogens is 408 g/mol. The Hall–Kier alpha value is -3.52. The van der Waals surface area contributed by atoms with Gasteiger partial charge in [0.25, 0.3) is 11.8 Å². The SMILES string of the molecule is CC(C(=O)Nc1ccc(CN2CCCC(C(N)=O)C2)cc1)N1C(=O)c2ccccc2C1=O. The molecule has 0 bridgehead atoms. The van der Waals surface area contributed by atoms with Crippen LogP contribution in [0.25, 0.3) is 0 Å². The summed E-state index contributed by atoms with van der Waals surface area (Å²) in [7, 11) is 0. The minimum Gasteiger partial charge on any atom is -0.369 e. The summed E-state index contributed by atoms with van der Waals surface area (Å²) in [6.45, 7) is 3.81. The van der Waals surface area contributed by atoms with Crippen LogP contribution < -0.4 is 11.1 Å². The lowest BCUT2D eigenvalue weighted by Crippen LogP contribution is -2.45. The van der Waals surface area contributed by atoms with E-state index in [2.05, 4.69) is 10.2 Å². The number of hydrogen-bond donors (Lipinski definition) is 2. The molecule has 0 aromatic heterocycles. The summed E-state index contributed by atoms with van der Waals surface area (Å²) in [5.41, 5.74) is 7.72. The molecule has 2 unspecified atom stereocenters. The molecule has 2 aliphatic heterocycles. The number of amides is 4. The first-order valence-corrected chi connectivity index (χ1v) is 10.7. The van der Waals surface area contributed by atoms with E-state index in [0.717, 1.165) is 29.8 Å².